The molecule has 1 aliphatic rings. The molecule has 1 aromatic carbocycles. The van der Waals surface area contributed by atoms with Gasteiger partial charge in [0.25, 0.3) is 0 Å². The highest BCUT2D eigenvalue weighted by Crippen LogP contribution is 2.31. The molecule has 0 radical (unpaired) electrons. The standard InChI is InChI=1S/C14H18ClFO/c1-9-2-5-14(17)11(6-9)7-10-3-4-12(15)13(16)8-10/h3-4,8-9,11,14,17H,2,5-7H2,1H3. The zero-order chi connectivity index (χ0) is 12.4. The second kappa shape index (κ2) is 5.36. The Hall–Kier alpha value is -0.600. The van der Waals surface area contributed by atoms with Crippen LogP contribution in [0.1, 0.15) is 31.7 Å². The van der Waals surface area contributed by atoms with Crippen molar-refractivity contribution in [2.24, 2.45) is 11.8 Å². The average Bonchev–Trinajstić information content (AvgIpc) is 2.29. The largest absolute Gasteiger partial charge is 0.393 e. The maximum Gasteiger partial charge on any atom is 0.142 e. The molecule has 0 aliphatic heterocycles. The fourth-order valence-electron chi connectivity index (χ4n) is 2.67. The van der Waals surface area contributed by atoms with Crippen LogP contribution in [0, 0.1) is 17.7 Å². The van der Waals surface area contributed by atoms with E-state index in [9.17, 15) is 9.50 Å². The quantitative estimate of drug-likeness (QED) is 0.853. The minimum atomic E-state index is -0.373. The van der Waals surface area contributed by atoms with Crippen LogP contribution in [0.5, 0.6) is 0 Å². The van der Waals surface area contributed by atoms with Gasteiger partial charge in [-0.2, -0.15) is 0 Å². The van der Waals surface area contributed by atoms with Gasteiger partial charge in [0, 0.05) is 0 Å². The Morgan fingerprint density at radius 2 is 2.18 bits per heavy atom. The summed E-state index contributed by atoms with van der Waals surface area (Å²) in [5.41, 5.74) is 0.921. The lowest BCUT2D eigenvalue weighted by Crippen LogP contribution is -2.29. The summed E-state index contributed by atoms with van der Waals surface area (Å²) in [6.45, 7) is 2.21. The average molecular weight is 257 g/mol. The van der Waals surface area contributed by atoms with Gasteiger partial charge in [0.1, 0.15) is 5.82 Å². The van der Waals surface area contributed by atoms with Gasteiger partial charge in [-0.3, -0.25) is 0 Å². The van der Waals surface area contributed by atoms with E-state index in [-0.39, 0.29) is 22.9 Å². The topological polar surface area (TPSA) is 20.2 Å². The van der Waals surface area contributed by atoms with Gasteiger partial charge in [0.2, 0.25) is 0 Å². The monoisotopic (exact) mass is 256 g/mol. The number of hydrogen-bond donors (Lipinski definition) is 1. The van der Waals surface area contributed by atoms with Gasteiger partial charge in [-0.1, -0.05) is 24.6 Å². The maximum absolute atomic E-state index is 13.3. The minimum absolute atomic E-state index is 0.159. The lowest BCUT2D eigenvalue weighted by molar-refractivity contribution is 0.0519. The molecule has 1 aliphatic carbocycles. The summed E-state index contributed by atoms with van der Waals surface area (Å²) >= 11 is 5.65. The first kappa shape index (κ1) is 12.8. The van der Waals surface area contributed by atoms with E-state index in [4.69, 9.17) is 11.6 Å². The maximum atomic E-state index is 13.3. The van der Waals surface area contributed by atoms with Crippen molar-refractivity contribution in [2.45, 2.75) is 38.7 Å². The molecule has 0 spiro atoms. The number of halogens is 2. The molecule has 1 aromatic rings. The van der Waals surface area contributed by atoms with Crippen molar-refractivity contribution < 1.29 is 9.50 Å². The Kier molecular flexibility index (Phi) is 4.05. The van der Waals surface area contributed by atoms with Gasteiger partial charge in [0.15, 0.2) is 0 Å². The summed E-state index contributed by atoms with van der Waals surface area (Å²) in [6, 6.07) is 4.91. The second-order valence-electron chi connectivity index (χ2n) is 5.20. The van der Waals surface area contributed by atoms with Crippen LogP contribution < -0.4 is 0 Å². The van der Waals surface area contributed by atoms with E-state index >= 15 is 0 Å². The third-order valence-electron chi connectivity index (χ3n) is 3.69. The van der Waals surface area contributed by atoms with Crippen molar-refractivity contribution in [1.29, 1.82) is 0 Å². The molecular formula is C14H18ClFO. The summed E-state index contributed by atoms with van der Waals surface area (Å²) < 4.78 is 13.3. The zero-order valence-electron chi connectivity index (χ0n) is 10.00. The Balaban J connectivity index is 2.06. The summed E-state index contributed by atoms with van der Waals surface area (Å²) in [6.07, 6.45) is 3.46. The highest BCUT2D eigenvalue weighted by Gasteiger charge is 2.27. The SMILES string of the molecule is CC1CCC(O)C(Cc2ccc(Cl)c(F)c2)C1. The Morgan fingerprint density at radius 1 is 1.41 bits per heavy atom. The van der Waals surface area contributed by atoms with Gasteiger partial charge in [-0.25, -0.2) is 4.39 Å². The predicted molar refractivity (Wildman–Crippen MR) is 67.6 cm³/mol. The van der Waals surface area contributed by atoms with Gasteiger partial charge < -0.3 is 5.11 Å². The summed E-state index contributed by atoms with van der Waals surface area (Å²) in [4.78, 5) is 0. The zero-order valence-corrected chi connectivity index (χ0v) is 10.8. The smallest absolute Gasteiger partial charge is 0.142 e. The van der Waals surface area contributed by atoms with Crippen LogP contribution in [0.15, 0.2) is 18.2 Å². The summed E-state index contributed by atoms with van der Waals surface area (Å²) in [5, 5.41) is 10.1. The third-order valence-corrected chi connectivity index (χ3v) is 3.99. The highest BCUT2D eigenvalue weighted by atomic mass is 35.5. The molecule has 1 fully saturated rings. The van der Waals surface area contributed by atoms with E-state index in [2.05, 4.69) is 6.92 Å². The Bertz CT molecular complexity index is 394. The number of hydrogen-bond acceptors (Lipinski definition) is 1. The molecule has 0 amide bonds. The fraction of sp³-hybridized carbons (Fsp3) is 0.571. The van der Waals surface area contributed by atoms with E-state index in [0.29, 0.717) is 5.92 Å². The summed E-state index contributed by atoms with van der Waals surface area (Å²) in [7, 11) is 0. The van der Waals surface area contributed by atoms with Crippen molar-refractivity contribution >= 4 is 11.6 Å². The van der Waals surface area contributed by atoms with E-state index in [1.54, 1.807) is 6.07 Å². The molecule has 3 heteroatoms. The molecule has 1 saturated carbocycles. The first-order chi connectivity index (χ1) is 8.06. The number of benzene rings is 1. The summed E-state index contributed by atoms with van der Waals surface area (Å²) in [5.74, 6) is 0.530. The van der Waals surface area contributed by atoms with Crippen molar-refractivity contribution in [3.05, 3.63) is 34.6 Å². The van der Waals surface area contributed by atoms with Crippen LogP contribution >= 0.6 is 11.6 Å². The second-order valence-corrected chi connectivity index (χ2v) is 5.61. The molecule has 1 N–H and O–H groups in total. The van der Waals surface area contributed by atoms with E-state index in [0.717, 1.165) is 31.2 Å². The molecule has 17 heavy (non-hydrogen) atoms. The molecule has 3 unspecified atom stereocenters. The fourth-order valence-corrected chi connectivity index (χ4v) is 2.79. The molecule has 2 rings (SSSR count). The van der Waals surface area contributed by atoms with Crippen molar-refractivity contribution in [1.82, 2.24) is 0 Å². The number of rotatable bonds is 2. The van der Waals surface area contributed by atoms with Crippen LogP contribution in [-0.4, -0.2) is 11.2 Å². The van der Waals surface area contributed by atoms with Gasteiger partial charge in [-0.15, -0.1) is 0 Å². The number of aliphatic hydroxyl groups excluding tert-OH is 1. The van der Waals surface area contributed by atoms with Crippen LogP contribution in [0.3, 0.4) is 0 Å². The van der Waals surface area contributed by atoms with Crippen LogP contribution in [-0.2, 0) is 6.42 Å². The first-order valence-corrected chi connectivity index (χ1v) is 6.56. The van der Waals surface area contributed by atoms with E-state index in [1.807, 2.05) is 6.07 Å². The van der Waals surface area contributed by atoms with Crippen molar-refractivity contribution in [2.75, 3.05) is 0 Å². The molecule has 0 heterocycles. The van der Waals surface area contributed by atoms with Crippen molar-refractivity contribution in [3.63, 3.8) is 0 Å². The molecule has 94 valence electrons. The molecule has 0 bridgehead atoms. The Labute approximate surface area is 107 Å². The molecule has 0 aromatic heterocycles. The lowest BCUT2D eigenvalue weighted by atomic mass is 9.77. The van der Waals surface area contributed by atoms with E-state index < -0.39 is 0 Å². The van der Waals surface area contributed by atoms with Gasteiger partial charge in [0.05, 0.1) is 11.1 Å². The predicted octanol–water partition coefficient (Wildman–Crippen LogP) is 3.82. The first-order valence-electron chi connectivity index (χ1n) is 6.18. The third kappa shape index (κ3) is 3.20. The van der Waals surface area contributed by atoms with Gasteiger partial charge >= 0.3 is 0 Å². The molecular weight excluding hydrogens is 239 g/mol. The Morgan fingerprint density at radius 3 is 2.88 bits per heavy atom. The lowest BCUT2D eigenvalue weighted by Gasteiger charge is -2.31. The number of aliphatic hydroxyl groups is 1. The molecule has 3 atom stereocenters. The van der Waals surface area contributed by atoms with Crippen LogP contribution in [0.25, 0.3) is 0 Å². The van der Waals surface area contributed by atoms with Crippen LogP contribution in [0.4, 0.5) is 4.39 Å². The van der Waals surface area contributed by atoms with Crippen molar-refractivity contribution in [3.8, 4) is 0 Å². The minimum Gasteiger partial charge on any atom is -0.393 e. The normalized spacial score (nSPS) is 29.3. The van der Waals surface area contributed by atoms with Gasteiger partial charge in [-0.05, 0) is 55.2 Å². The van der Waals surface area contributed by atoms with E-state index in [1.165, 1.54) is 6.07 Å². The van der Waals surface area contributed by atoms with Crippen LogP contribution in [0.2, 0.25) is 5.02 Å². The highest BCUT2D eigenvalue weighted by molar-refractivity contribution is 6.30. The molecule has 0 saturated heterocycles. The molecule has 1 nitrogen and oxygen atoms in total.